The van der Waals surface area contributed by atoms with Crippen molar-refractivity contribution in [2.24, 2.45) is 11.8 Å². The smallest absolute Gasteiger partial charge is 0.324 e. The fraction of sp³-hybridized carbons (Fsp3) is 0.583. The molecule has 1 amide bonds. The van der Waals surface area contributed by atoms with E-state index in [1.54, 1.807) is 5.38 Å². The van der Waals surface area contributed by atoms with Crippen LogP contribution >= 0.6 is 11.3 Å². The maximum Gasteiger partial charge on any atom is 0.324 e. The Balaban J connectivity index is 1.78. The normalized spacial score (nSPS) is 29.5. The predicted molar refractivity (Wildman–Crippen MR) is 71.3 cm³/mol. The minimum absolute atomic E-state index is 0.0251. The standard InChI is InChI=1S/C12H15N3O3S/c1-7-10-4-13-3-9(10)5-14(7)12(16)8-2-11(15(17)18)19-6-8/h2,6-7,9-10,13H,3-5H2,1H3. The summed E-state index contributed by atoms with van der Waals surface area (Å²) in [5.41, 5.74) is 0.441. The van der Waals surface area contributed by atoms with Crippen LogP contribution in [0.15, 0.2) is 11.4 Å². The summed E-state index contributed by atoms with van der Waals surface area (Å²) in [4.78, 5) is 24.5. The maximum atomic E-state index is 12.4. The number of hydrogen-bond donors (Lipinski definition) is 1. The number of carbonyl (C=O) groups is 1. The number of rotatable bonds is 2. The molecule has 2 saturated heterocycles. The van der Waals surface area contributed by atoms with Crippen LogP contribution in [0.2, 0.25) is 0 Å². The molecule has 2 fully saturated rings. The molecule has 2 aliphatic rings. The van der Waals surface area contributed by atoms with Crippen molar-refractivity contribution in [2.75, 3.05) is 19.6 Å². The van der Waals surface area contributed by atoms with Gasteiger partial charge in [-0.2, -0.15) is 0 Å². The van der Waals surface area contributed by atoms with Gasteiger partial charge in [-0.3, -0.25) is 14.9 Å². The van der Waals surface area contributed by atoms with E-state index in [0.29, 0.717) is 17.4 Å². The number of nitro groups is 1. The van der Waals surface area contributed by atoms with Crippen molar-refractivity contribution >= 4 is 22.2 Å². The Labute approximate surface area is 114 Å². The molecular formula is C12H15N3O3S. The first kappa shape index (κ1) is 12.6. The quantitative estimate of drug-likeness (QED) is 0.655. The predicted octanol–water partition coefficient (Wildman–Crippen LogP) is 1.34. The van der Waals surface area contributed by atoms with E-state index in [4.69, 9.17) is 0 Å². The molecule has 3 rings (SSSR count). The summed E-state index contributed by atoms with van der Waals surface area (Å²) in [5.74, 6) is 0.955. The summed E-state index contributed by atoms with van der Waals surface area (Å²) < 4.78 is 0. The van der Waals surface area contributed by atoms with Crippen LogP contribution in [-0.4, -0.2) is 41.4 Å². The van der Waals surface area contributed by atoms with E-state index in [0.717, 1.165) is 31.0 Å². The molecular weight excluding hydrogens is 266 g/mol. The first-order valence-corrected chi connectivity index (χ1v) is 7.20. The van der Waals surface area contributed by atoms with Crippen molar-refractivity contribution in [3.63, 3.8) is 0 Å². The molecule has 2 aliphatic heterocycles. The molecule has 1 aromatic rings. The molecule has 0 aromatic carbocycles. The highest BCUT2D eigenvalue weighted by atomic mass is 32.1. The molecule has 1 aromatic heterocycles. The average Bonchev–Trinajstić information content (AvgIpc) is 3.05. The largest absolute Gasteiger partial charge is 0.335 e. The van der Waals surface area contributed by atoms with Gasteiger partial charge in [-0.25, -0.2) is 0 Å². The maximum absolute atomic E-state index is 12.4. The average molecular weight is 281 g/mol. The van der Waals surface area contributed by atoms with E-state index in [2.05, 4.69) is 12.2 Å². The molecule has 0 aliphatic carbocycles. The van der Waals surface area contributed by atoms with Crippen LogP contribution in [-0.2, 0) is 0 Å². The summed E-state index contributed by atoms with van der Waals surface area (Å²) in [7, 11) is 0. The summed E-state index contributed by atoms with van der Waals surface area (Å²) in [5, 5.41) is 15.6. The number of carbonyl (C=O) groups excluding carboxylic acids is 1. The second-order valence-electron chi connectivity index (χ2n) is 5.21. The van der Waals surface area contributed by atoms with Gasteiger partial charge in [-0.1, -0.05) is 11.3 Å². The lowest BCUT2D eigenvalue weighted by atomic mass is 9.95. The van der Waals surface area contributed by atoms with E-state index >= 15 is 0 Å². The van der Waals surface area contributed by atoms with Crippen molar-refractivity contribution in [2.45, 2.75) is 13.0 Å². The van der Waals surface area contributed by atoms with Gasteiger partial charge in [0.15, 0.2) is 0 Å². The van der Waals surface area contributed by atoms with Crippen LogP contribution in [0.3, 0.4) is 0 Å². The third kappa shape index (κ3) is 2.02. The Morgan fingerprint density at radius 2 is 2.37 bits per heavy atom. The third-order valence-electron chi connectivity index (χ3n) is 4.21. The van der Waals surface area contributed by atoms with Gasteiger partial charge in [-0.15, -0.1) is 0 Å². The molecule has 3 unspecified atom stereocenters. The van der Waals surface area contributed by atoms with Crippen LogP contribution in [0.1, 0.15) is 17.3 Å². The van der Waals surface area contributed by atoms with E-state index in [-0.39, 0.29) is 17.0 Å². The number of nitrogens with one attached hydrogen (secondary N) is 1. The van der Waals surface area contributed by atoms with Gasteiger partial charge < -0.3 is 10.2 Å². The van der Waals surface area contributed by atoms with Gasteiger partial charge in [0.05, 0.1) is 10.5 Å². The molecule has 3 heterocycles. The molecule has 0 saturated carbocycles. The topological polar surface area (TPSA) is 75.5 Å². The van der Waals surface area contributed by atoms with Crippen molar-refractivity contribution in [1.82, 2.24) is 10.2 Å². The minimum Gasteiger partial charge on any atom is -0.335 e. The molecule has 6 nitrogen and oxygen atoms in total. The van der Waals surface area contributed by atoms with Gasteiger partial charge in [0.2, 0.25) is 0 Å². The Kier molecular flexibility index (Phi) is 3.02. The zero-order valence-electron chi connectivity index (χ0n) is 10.5. The van der Waals surface area contributed by atoms with Crippen molar-refractivity contribution in [3.05, 3.63) is 27.1 Å². The molecule has 0 spiro atoms. The van der Waals surface area contributed by atoms with Gasteiger partial charge in [0.25, 0.3) is 5.91 Å². The summed E-state index contributed by atoms with van der Waals surface area (Å²) in [6, 6.07) is 1.58. The van der Waals surface area contributed by atoms with Crippen LogP contribution in [0.4, 0.5) is 5.00 Å². The number of amides is 1. The van der Waals surface area contributed by atoms with Crippen LogP contribution in [0.5, 0.6) is 0 Å². The van der Waals surface area contributed by atoms with E-state index in [1.165, 1.54) is 6.07 Å². The van der Waals surface area contributed by atoms with E-state index in [9.17, 15) is 14.9 Å². The van der Waals surface area contributed by atoms with Gasteiger partial charge in [0.1, 0.15) is 0 Å². The van der Waals surface area contributed by atoms with Gasteiger partial charge in [-0.05, 0) is 18.8 Å². The van der Waals surface area contributed by atoms with E-state index < -0.39 is 4.92 Å². The first-order valence-electron chi connectivity index (χ1n) is 6.32. The Morgan fingerprint density at radius 3 is 3.00 bits per heavy atom. The minimum atomic E-state index is -0.451. The molecule has 102 valence electrons. The van der Waals surface area contributed by atoms with Crippen LogP contribution in [0.25, 0.3) is 0 Å². The monoisotopic (exact) mass is 281 g/mol. The summed E-state index contributed by atoms with van der Waals surface area (Å²) in [6.07, 6.45) is 0. The number of hydrogen-bond acceptors (Lipinski definition) is 5. The first-order chi connectivity index (χ1) is 9.08. The Hall–Kier alpha value is -1.47. The number of nitrogens with zero attached hydrogens (tertiary/aromatic N) is 2. The van der Waals surface area contributed by atoms with Crippen molar-refractivity contribution < 1.29 is 9.72 Å². The molecule has 3 atom stereocenters. The zero-order valence-corrected chi connectivity index (χ0v) is 11.4. The van der Waals surface area contributed by atoms with Crippen molar-refractivity contribution in [1.29, 1.82) is 0 Å². The lowest BCUT2D eigenvalue weighted by Crippen LogP contribution is -2.37. The number of thiophene rings is 1. The molecule has 0 radical (unpaired) electrons. The SMILES string of the molecule is CC1C2CNCC2CN1C(=O)c1csc([N+](=O)[O-])c1. The lowest BCUT2D eigenvalue weighted by Gasteiger charge is -2.24. The number of fused-ring (bicyclic) bond motifs is 1. The summed E-state index contributed by atoms with van der Waals surface area (Å²) >= 11 is 1.01. The van der Waals surface area contributed by atoms with Gasteiger partial charge >= 0.3 is 5.00 Å². The molecule has 7 heteroatoms. The fourth-order valence-corrected chi connectivity index (χ4v) is 3.83. The van der Waals surface area contributed by atoms with Crippen molar-refractivity contribution in [3.8, 4) is 0 Å². The van der Waals surface area contributed by atoms with Crippen LogP contribution < -0.4 is 5.32 Å². The summed E-state index contributed by atoms with van der Waals surface area (Å²) in [6.45, 7) is 4.74. The van der Waals surface area contributed by atoms with E-state index in [1.807, 2.05) is 4.90 Å². The zero-order chi connectivity index (χ0) is 13.6. The molecule has 1 N–H and O–H groups in total. The third-order valence-corrected chi connectivity index (χ3v) is 5.09. The highest BCUT2D eigenvalue weighted by Crippen LogP contribution is 2.34. The number of likely N-dealkylation sites (tertiary alicyclic amines) is 1. The van der Waals surface area contributed by atoms with Gasteiger partial charge in [0, 0.05) is 37.1 Å². The second-order valence-corrected chi connectivity index (χ2v) is 6.10. The molecule has 19 heavy (non-hydrogen) atoms. The molecule has 0 bridgehead atoms. The Bertz CT molecular complexity index is 530. The highest BCUT2D eigenvalue weighted by Gasteiger charge is 2.44. The Morgan fingerprint density at radius 1 is 1.58 bits per heavy atom. The van der Waals surface area contributed by atoms with Crippen LogP contribution in [0, 0.1) is 22.0 Å². The highest BCUT2D eigenvalue weighted by molar-refractivity contribution is 7.13. The lowest BCUT2D eigenvalue weighted by molar-refractivity contribution is -0.380. The second kappa shape index (κ2) is 4.57. The fourth-order valence-electron chi connectivity index (χ4n) is 3.13.